The number of imidazole rings is 1. The number of nitriles is 1. The zero-order valence-electron chi connectivity index (χ0n) is 12.4. The number of hydrogen-bond donors (Lipinski definition) is 0. The monoisotopic (exact) mass is 300 g/mol. The van der Waals surface area contributed by atoms with Gasteiger partial charge >= 0.3 is 0 Å². The van der Waals surface area contributed by atoms with Crippen LogP contribution in [0.5, 0.6) is 0 Å². The van der Waals surface area contributed by atoms with E-state index in [9.17, 15) is 0 Å². The number of hydrogen-bond acceptors (Lipinski definition) is 4. The summed E-state index contributed by atoms with van der Waals surface area (Å²) >= 11 is 0. The molecule has 0 radical (unpaired) electrons. The molecule has 0 saturated heterocycles. The second kappa shape index (κ2) is 5.07. The molecule has 6 nitrogen and oxygen atoms in total. The first-order chi connectivity index (χ1) is 11.3. The quantitative estimate of drug-likeness (QED) is 0.570. The van der Waals surface area contributed by atoms with Crippen molar-refractivity contribution in [3.05, 3.63) is 60.4 Å². The largest absolute Gasteiger partial charge is 0.297 e. The van der Waals surface area contributed by atoms with Crippen LogP contribution in [0.15, 0.2) is 54.9 Å². The van der Waals surface area contributed by atoms with E-state index in [1.807, 2.05) is 48.1 Å². The van der Waals surface area contributed by atoms with Gasteiger partial charge in [-0.2, -0.15) is 5.26 Å². The molecule has 2 aromatic carbocycles. The molecule has 0 spiro atoms. The van der Waals surface area contributed by atoms with Gasteiger partial charge in [-0.05, 0) is 36.4 Å². The van der Waals surface area contributed by atoms with E-state index in [-0.39, 0.29) is 0 Å². The van der Waals surface area contributed by atoms with Gasteiger partial charge in [0.15, 0.2) is 0 Å². The van der Waals surface area contributed by atoms with E-state index in [0.29, 0.717) is 5.56 Å². The van der Waals surface area contributed by atoms with Crippen LogP contribution in [-0.4, -0.2) is 24.5 Å². The Labute approximate surface area is 132 Å². The van der Waals surface area contributed by atoms with Crippen molar-refractivity contribution in [2.75, 3.05) is 0 Å². The highest BCUT2D eigenvalue weighted by Gasteiger charge is 2.13. The summed E-state index contributed by atoms with van der Waals surface area (Å²) in [5.41, 5.74) is 4.27. The molecule has 110 valence electrons. The molecule has 2 aromatic heterocycles. The highest BCUT2D eigenvalue weighted by atomic mass is 15.4. The van der Waals surface area contributed by atoms with Gasteiger partial charge in [-0.25, -0.2) is 9.67 Å². The van der Waals surface area contributed by atoms with Crippen LogP contribution in [0.25, 0.3) is 28.1 Å². The minimum Gasteiger partial charge on any atom is -0.297 e. The Morgan fingerprint density at radius 2 is 1.91 bits per heavy atom. The van der Waals surface area contributed by atoms with Crippen molar-refractivity contribution in [3.8, 4) is 23.1 Å². The summed E-state index contributed by atoms with van der Waals surface area (Å²) in [6.45, 7) is 0. The van der Waals surface area contributed by atoms with E-state index in [0.717, 1.165) is 28.1 Å². The van der Waals surface area contributed by atoms with Crippen LogP contribution >= 0.6 is 0 Å². The third-order valence-electron chi connectivity index (χ3n) is 3.79. The molecule has 4 aromatic rings. The number of aromatic nitrogens is 5. The summed E-state index contributed by atoms with van der Waals surface area (Å²) in [5.74, 6) is 0.799. The van der Waals surface area contributed by atoms with Gasteiger partial charge in [-0.3, -0.25) is 4.57 Å². The van der Waals surface area contributed by atoms with Gasteiger partial charge in [0.2, 0.25) is 0 Å². The maximum absolute atomic E-state index is 8.92. The normalized spacial score (nSPS) is 10.8. The fraction of sp³-hybridized carbons (Fsp3) is 0.0588. The maximum Gasteiger partial charge on any atom is 0.144 e. The van der Waals surface area contributed by atoms with E-state index < -0.39 is 0 Å². The average molecular weight is 300 g/mol. The zero-order chi connectivity index (χ0) is 15.8. The molecule has 0 amide bonds. The van der Waals surface area contributed by atoms with Crippen LogP contribution in [-0.2, 0) is 7.05 Å². The summed E-state index contributed by atoms with van der Waals surface area (Å²) < 4.78 is 3.73. The first kappa shape index (κ1) is 13.2. The SMILES string of the molecule is Cn1nnc2c(-n3ccnc3-c3ccc(C#N)cc3)cccc21. The topological polar surface area (TPSA) is 72.3 Å². The van der Waals surface area contributed by atoms with Gasteiger partial charge in [0.05, 0.1) is 22.8 Å². The smallest absolute Gasteiger partial charge is 0.144 e. The molecule has 0 unspecified atom stereocenters. The number of benzene rings is 2. The molecule has 0 N–H and O–H groups in total. The van der Waals surface area contributed by atoms with Crippen molar-refractivity contribution in [2.45, 2.75) is 0 Å². The fourth-order valence-corrected chi connectivity index (χ4v) is 2.64. The lowest BCUT2D eigenvalue weighted by molar-refractivity contribution is 0.736. The lowest BCUT2D eigenvalue weighted by Gasteiger charge is -2.08. The summed E-state index contributed by atoms with van der Waals surface area (Å²) in [5, 5.41) is 17.3. The van der Waals surface area contributed by atoms with Crippen molar-refractivity contribution in [1.29, 1.82) is 5.26 Å². The predicted octanol–water partition coefficient (Wildman–Crippen LogP) is 2.69. The molecule has 23 heavy (non-hydrogen) atoms. The molecule has 4 rings (SSSR count). The Bertz CT molecular complexity index is 1030. The molecule has 0 aliphatic heterocycles. The number of aryl methyl sites for hydroxylation is 1. The van der Waals surface area contributed by atoms with Gasteiger partial charge in [0, 0.05) is 25.0 Å². The lowest BCUT2D eigenvalue weighted by Crippen LogP contribution is -1.98. The zero-order valence-corrected chi connectivity index (χ0v) is 12.4. The van der Waals surface area contributed by atoms with Crippen LogP contribution in [0.2, 0.25) is 0 Å². The number of nitrogens with zero attached hydrogens (tertiary/aromatic N) is 6. The van der Waals surface area contributed by atoms with Crippen LogP contribution in [0, 0.1) is 11.3 Å². The Morgan fingerprint density at radius 1 is 1.09 bits per heavy atom. The fourth-order valence-electron chi connectivity index (χ4n) is 2.64. The Kier molecular flexibility index (Phi) is 2.91. The second-order valence-corrected chi connectivity index (χ2v) is 5.17. The maximum atomic E-state index is 8.92. The minimum atomic E-state index is 0.628. The van der Waals surface area contributed by atoms with Crippen LogP contribution in [0.1, 0.15) is 5.56 Å². The predicted molar refractivity (Wildman–Crippen MR) is 85.8 cm³/mol. The molecule has 0 aliphatic rings. The highest BCUT2D eigenvalue weighted by molar-refractivity contribution is 5.84. The number of fused-ring (bicyclic) bond motifs is 1. The summed E-state index contributed by atoms with van der Waals surface area (Å²) in [6, 6.07) is 15.4. The van der Waals surface area contributed by atoms with E-state index in [1.165, 1.54) is 0 Å². The average Bonchev–Trinajstić information content (AvgIpc) is 3.22. The first-order valence-corrected chi connectivity index (χ1v) is 7.10. The van der Waals surface area contributed by atoms with Gasteiger partial charge in [0.25, 0.3) is 0 Å². The van der Waals surface area contributed by atoms with E-state index in [2.05, 4.69) is 21.4 Å². The van der Waals surface area contributed by atoms with Gasteiger partial charge in [-0.1, -0.05) is 11.3 Å². The van der Waals surface area contributed by atoms with E-state index >= 15 is 0 Å². The van der Waals surface area contributed by atoms with Crippen LogP contribution in [0.3, 0.4) is 0 Å². The van der Waals surface area contributed by atoms with Gasteiger partial charge in [-0.15, -0.1) is 5.10 Å². The lowest BCUT2D eigenvalue weighted by atomic mass is 10.1. The molecular formula is C17H12N6. The summed E-state index contributed by atoms with van der Waals surface area (Å²) in [7, 11) is 1.87. The third-order valence-corrected chi connectivity index (χ3v) is 3.79. The van der Waals surface area contributed by atoms with Crippen LogP contribution in [0.4, 0.5) is 0 Å². The molecule has 0 aliphatic carbocycles. The Hall–Kier alpha value is -3.46. The second-order valence-electron chi connectivity index (χ2n) is 5.17. The number of rotatable bonds is 2. The van der Waals surface area contributed by atoms with Crippen molar-refractivity contribution in [2.24, 2.45) is 7.05 Å². The molecule has 0 atom stereocenters. The van der Waals surface area contributed by atoms with Gasteiger partial charge in [0.1, 0.15) is 11.3 Å². The summed E-state index contributed by atoms with van der Waals surface area (Å²) in [4.78, 5) is 4.46. The van der Waals surface area contributed by atoms with Crippen molar-refractivity contribution >= 4 is 11.0 Å². The molecule has 0 saturated carbocycles. The Morgan fingerprint density at radius 3 is 2.70 bits per heavy atom. The van der Waals surface area contributed by atoms with Crippen molar-refractivity contribution in [1.82, 2.24) is 24.5 Å². The van der Waals surface area contributed by atoms with Gasteiger partial charge < -0.3 is 0 Å². The van der Waals surface area contributed by atoms with Crippen LogP contribution < -0.4 is 0 Å². The third kappa shape index (κ3) is 2.07. The van der Waals surface area contributed by atoms with E-state index in [1.54, 1.807) is 23.0 Å². The standard InChI is InChI=1S/C17H12N6/c1-22-14-3-2-4-15(16(14)20-21-22)23-10-9-19-17(23)13-7-5-12(11-18)6-8-13/h2-10H,1H3. The van der Waals surface area contributed by atoms with Crippen molar-refractivity contribution < 1.29 is 0 Å². The Balaban J connectivity index is 1.90. The summed E-state index contributed by atoms with van der Waals surface area (Å²) in [6.07, 6.45) is 3.65. The molecule has 2 heterocycles. The molecule has 6 heteroatoms. The first-order valence-electron chi connectivity index (χ1n) is 7.10. The van der Waals surface area contributed by atoms with Crippen molar-refractivity contribution in [3.63, 3.8) is 0 Å². The minimum absolute atomic E-state index is 0.628. The molecule has 0 bridgehead atoms. The molecule has 0 fully saturated rings. The van der Waals surface area contributed by atoms with E-state index in [4.69, 9.17) is 5.26 Å². The highest BCUT2D eigenvalue weighted by Crippen LogP contribution is 2.25. The molecular weight excluding hydrogens is 288 g/mol.